The standard InChI is InChI=1S/C15H19N3O/c16-14-3-1-2-13(10-14)15(19)6-9-18-11-12-4-7-17-8-5-12/h1-5,7-8,10,15,18-19H,6,9,11,16H2. The monoisotopic (exact) mass is 257 g/mol. The number of pyridine rings is 1. The van der Waals surface area contributed by atoms with Crippen molar-refractivity contribution in [3.05, 3.63) is 59.9 Å². The Morgan fingerprint density at radius 2 is 2.00 bits per heavy atom. The predicted octanol–water partition coefficient (Wildman–Crippen LogP) is 1.88. The van der Waals surface area contributed by atoms with Crippen LogP contribution in [0, 0.1) is 0 Å². The predicted molar refractivity (Wildman–Crippen MR) is 76.4 cm³/mol. The normalized spacial score (nSPS) is 12.3. The van der Waals surface area contributed by atoms with Gasteiger partial charge in [-0.2, -0.15) is 0 Å². The van der Waals surface area contributed by atoms with E-state index in [2.05, 4.69) is 10.3 Å². The van der Waals surface area contributed by atoms with Crippen molar-refractivity contribution in [2.24, 2.45) is 0 Å². The Hall–Kier alpha value is -1.91. The van der Waals surface area contributed by atoms with E-state index in [4.69, 9.17) is 5.73 Å². The van der Waals surface area contributed by atoms with Crippen LogP contribution < -0.4 is 11.1 Å². The third-order valence-corrected chi connectivity index (χ3v) is 2.97. The molecule has 1 heterocycles. The third-order valence-electron chi connectivity index (χ3n) is 2.97. The zero-order valence-corrected chi connectivity index (χ0v) is 10.8. The van der Waals surface area contributed by atoms with Crippen LogP contribution in [0.25, 0.3) is 0 Å². The maximum Gasteiger partial charge on any atom is 0.0802 e. The molecular formula is C15H19N3O. The minimum atomic E-state index is -0.478. The first kappa shape index (κ1) is 13.5. The number of nitrogen functional groups attached to an aromatic ring is 1. The zero-order chi connectivity index (χ0) is 13.5. The summed E-state index contributed by atoms with van der Waals surface area (Å²) in [5, 5.41) is 13.3. The number of rotatable bonds is 6. The molecule has 4 N–H and O–H groups in total. The number of hydrogen-bond donors (Lipinski definition) is 3. The Labute approximate surface area is 113 Å². The molecule has 19 heavy (non-hydrogen) atoms. The van der Waals surface area contributed by atoms with Crippen LogP contribution in [-0.2, 0) is 6.54 Å². The molecule has 0 amide bonds. The fraction of sp³-hybridized carbons (Fsp3) is 0.267. The van der Waals surface area contributed by atoms with Crippen molar-refractivity contribution in [3.8, 4) is 0 Å². The molecule has 1 aromatic heterocycles. The van der Waals surface area contributed by atoms with Crippen LogP contribution in [0.4, 0.5) is 5.69 Å². The highest BCUT2D eigenvalue weighted by molar-refractivity contribution is 5.41. The number of aromatic nitrogens is 1. The van der Waals surface area contributed by atoms with Gasteiger partial charge in [0.15, 0.2) is 0 Å². The van der Waals surface area contributed by atoms with Gasteiger partial charge in [0.05, 0.1) is 6.10 Å². The minimum absolute atomic E-state index is 0.478. The Balaban J connectivity index is 1.74. The molecule has 0 saturated carbocycles. The van der Waals surface area contributed by atoms with Crippen molar-refractivity contribution >= 4 is 5.69 Å². The van der Waals surface area contributed by atoms with Crippen molar-refractivity contribution < 1.29 is 5.11 Å². The van der Waals surface area contributed by atoms with Gasteiger partial charge in [0.2, 0.25) is 0 Å². The zero-order valence-electron chi connectivity index (χ0n) is 10.8. The van der Waals surface area contributed by atoms with Crippen LogP contribution >= 0.6 is 0 Å². The van der Waals surface area contributed by atoms with Crippen LogP contribution in [-0.4, -0.2) is 16.6 Å². The molecule has 4 heteroatoms. The fourth-order valence-corrected chi connectivity index (χ4v) is 1.91. The van der Waals surface area contributed by atoms with E-state index in [9.17, 15) is 5.11 Å². The summed E-state index contributed by atoms with van der Waals surface area (Å²) in [5.74, 6) is 0. The van der Waals surface area contributed by atoms with Gasteiger partial charge in [0.25, 0.3) is 0 Å². The number of hydrogen-bond acceptors (Lipinski definition) is 4. The third kappa shape index (κ3) is 4.35. The Kier molecular flexibility index (Phi) is 4.89. The van der Waals surface area contributed by atoms with Gasteiger partial charge in [0.1, 0.15) is 0 Å². The SMILES string of the molecule is Nc1cccc(C(O)CCNCc2ccncc2)c1. The maximum absolute atomic E-state index is 10.0. The van der Waals surface area contributed by atoms with E-state index in [0.717, 1.165) is 18.7 Å². The average Bonchev–Trinajstić information content (AvgIpc) is 2.44. The van der Waals surface area contributed by atoms with E-state index < -0.39 is 6.10 Å². The first-order valence-corrected chi connectivity index (χ1v) is 6.39. The molecule has 2 aromatic rings. The van der Waals surface area contributed by atoms with Gasteiger partial charge in [0, 0.05) is 24.6 Å². The molecule has 0 fully saturated rings. The molecule has 1 aromatic carbocycles. The van der Waals surface area contributed by atoms with Gasteiger partial charge < -0.3 is 16.2 Å². The van der Waals surface area contributed by atoms with Crippen LogP contribution in [0.5, 0.6) is 0 Å². The molecule has 1 atom stereocenters. The number of nitrogens with zero attached hydrogens (tertiary/aromatic N) is 1. The molecule has 4 nitrogen and oxygen atoms in total. The van der Waals surface area contributed by atoms with Gasteiger partial charge in [-0.25, -0.2) is 0 Å². The lowest BCUT2D eigenvalue weighted by Gasteiger charge is -2.12. The van der Waals surface area contributed by atoms with E-state index in [1.54, 1.807) is 12.4 Å². The number of aliphatic hydroxyl groups is 1. The lowest BCUT2D eigenvalue weighted by atomic mass is 10.1. The largest absolute Gasteiger partial charge is 0.399 e. The van der Waals surface area contributed by atoms with Gasteiger partial charge in [-0.1, -0.05) is 12.1 Å². The van der Waals surface area contributed by atoms with Gasteiger partial charge >= 0.3 is 0 Å². The lowest BCUT2D eigenvalue weighted by molar-refractivity contribution is 0.167. The lowest BCUT2D eigenvalue weighted by Crippen LogP contribution is -2.17. The van der Waals surface area contributed by atoms with E-state index in [1.165, 1.54) is 5.56 Å². The number of aliphatic hydroxyl groups excluding tert-OH is 1. The Bertz CT molecular complexity index is 502. The first-order chi connectivity index (χ1) is 9.25. The summed E-state index contributed by atoms with van der Waals surface area (Å²) in [6, 6.07) is 11.3. The summed E-state index contributed by atoms with van der Waals surface area (Å²) in [5.41, 5.74) is 8.43. The second-order valence-electron chi connectivity index (χ2n) is 4.51. The second-order valence-corrected chi connectivity index (χ2v) is 4.51. The van der Waals surface area contributed by atoms with Crippen molar-refractivity contribution in [2.45, 2.75) is 19.1 Å². The Morgan fingerprint density at radius 3 is 2.74 bits per heavy atom. The molecule has 2 rings (SSSR count). The number of nitrogens with one attached hydrogen (secondary N) is 1. The second kappa shape index (κ2) is 6.87. The minimum Gasteiger partial charge on any atom is -0.399 e. The molecule has 0 bridgehead atoms. The summed E-state index contributed by atoms with van der Waals surface area (Å²) in [6.07, 6.45) is 3.74. The molecular weight excluding hydrogens is 238 g/mol. The molecule has 0 aliphatic heterocycles. The van der Waals surface area contributed by atoms with E-state index >= 15 is 0 Å². The highest BCUT2D eigenvalue weighted by Crippen LogP contribution is 2.18. The quantitative estimate of drug-likeness (QED) is 0.546. The van der Waals surface area contributed by atoms with Crippen LogP contribution in [0.2, 0.25) is 0 Å². The van der Waals surface area contributed by atoms with Gasteiger partial charge in [-0.15, -0.1) is 0 Å². The summed E-state index contributed by atoms with van der Waals surface area (Å²) >= 11 is 0. The van der Waals surface area contributed by atoms with E-state index in [1.807, 2.05) is 36.4 Å². The molecule has 100 valence electrons. The smallest absolute Gasteiger partial charge is 0.0802 e. The van der Waals surface area contributed by atoms with Crippen molar-refractivity contribution in [3.63, 3.8) is 0 Å². The highest BCUT2D eigenvalue weighted by Gasteiger charge is 2.06. The van der Waals surface area contributed by atoms with Crippen LogP contribution in [0.3, 0.4) is 0 Å². The van der Waals surface area contributed by atoms with Gasteiger partial charge in [-0.3, -0.25) is 4.98 Å². The van der Waals surface area contributed by atoms with Crippen molar-refractivity contribution in [2.75, 3.05) is 12.3 Å². The van der Waals surface area contributed by atoms with Crippen molar-refractivity contribution in [1.29, 1.82) is 0 Å². The Morgan fingerprint density at radius 1 is 1.21 bits per heavy atom. The van der Waals surface area contributed by atoms with Crippen LogP contribution in [0.1, 0.15) is 23.7 Å². The average molecular weight is 257 g/mol. The van der Waals surface area contributed by atoms with Gasteiger partial charge in [-0.05, 0) is 48.4 Å². The molecule has 0 aliphatic rings. The molecule has 0 aliphatic carbocycles. The van der Waals surface area contributed by atoms with E-state index in [0.29, 0.717) is 12.1 Å². The van der Waals surface area contributed by atoms with E-state index in [-0.39, 0.29) is 0 Å². The maximum atomic E-state index is 10.0. The summed E-state index contributed by atoms with van der Waals surface area (Å²) < 4.78 is 0. The fourth-order valence-electron chi connectivity index (χ4n) is 1.91. The molecule has 1 unspecified atom stereocenters. The molecule has 0 saturated heterocycles. The molecule has 0 radical (unpaired) electrons. The number of nitrogens with two attached hydrogens (primary N) is 1. The summed E-state index contributed by atoms with van der Waals surface area (Å²) in [7, 11) is 0. The summed E-state index contributed by atoms with van der Waals surface area (Å²) in [6.45, 7) is 1.53. The number of anilines is 1. The summed E-state index contributed by atoms with van der Waals surface area (Å²) in [4.78, 5) is 3.97. The topological polar surface area (TPSA) is 71.2 Å². The van der Waals surface area contributed by atoms with Crippen LogP contribution in [0.15, 0.2) is 48.8 Å². The first-order valence-electron chi connectivity index (χ1n) is 6.39. The number of benzene rings is 1. The molecule has 0 spiro atoms. The van der Waals surface area contributed by atoms with Crippen molar-refractivity contribution in [1.82, 2.24) is 10.3 Å². The highest BCUT2D eigenvalue weighted by atomic mass is 16.3.